The Hall–Kier alpha value is -3.13. The molecule has 0 aliphatic rings. The maximum atomic E-state index is 12.3. The second kappa shape index (κ2) is 13.1. The predicted molar refractivity (Wildman–Crippen MR) is 135 cm³/mol. The van der Waals surface area contributed by atoms with Crippen molar-refractivity contribution in [1.82, 2.24) is 5.32 Å². The number of primary amides is 1. The van der Waals surface area contributed by atoms with Gasteiger partial charge in [0.25, 0.3) is 0 Å². The van der Waals surface area contributed by atoms with Crippen LogP contribution in [0.5, 0.6) is 0 Å². The van der Waals surface area contributed by atoms with Crippen LogP contribution in [0, 0.1) is 0 Å². The fourth-order valence-electron chi connectivity index (χ4n) is 3.65. The number of nitrogens with two attached hydrogens (primary N) is 1. The summed E-state index contributed by atoms with van der Waals surface area (Å²) in [5, 5.41) is 5.01. The fourth-order valence-corrected chi connectivity index (χ4v) is 3.65. The highest BCUT2D eigenvalue weighted by molar-refractivity contribution is 5.83. The second-order valence-electron chi connectivity index (χ2n) is 9.72. The Morgan fingerprint density at radius 1 is 1.00 bits per heavy atom. The van der Waals surface area contributed by atoms with Crippen molar-refractivity contribution in [1.29, 1.82) is 0 Å². The van der Waals surface area contributed by atoms with Crippen molar-refractivity contribution in [3.8, 4) is 0 Å². The van der Waals surface area contributed by atoms with Crippen molar-refractivity contribution in [2.45, 2.75) is 84.2 Å². The largest absolute Gasteiger partial charge is 0.469 e. The zero-order valence-electron chi connectivity index (χ0n) is 21.4. The summed E-state index contributed by atoms with van der Waals surface area (Å²) < 4.78 is 16.1. The summed E-state index contributed by atoms with van der Waals surface area (Å²) in [7, 11) is 1.40. The van der Waals surface area contributed by atoms with Crippen LogP contribution >= 0.6 is 0 Å². The Bertz CT molecular complexity index is 1010. The molecule has 0 fully saturated rings. The van der Waals surface area contributed by atoms with Gasteiger partial charge in [0.2, 0.25) is 5.91 Å². The van der Waals surface area contributed by atoms with Gasteiger partial charge < -0.3 is 25.3 Å². The van der Waals surface area contributed by atoms with E-state index in [2.05, 4.69) is 34.3 Å². The zero-order valence-corrected chi connectivity index (χ0v) is 21.4. The number of esters is 1. The topological polar surface area (TPSA) is 117 Å². The summed E-state index contributed by atoms with van der Waals surface area (Å²) in [5.41, 5.74) is 6.84. The molecule has 8 heteroatoms. The maximum absolute atomic E-state index is 12.3. The molecule has 0 saturated carbocycles. The lowest BCUT2D eigenvalue weighted by Crippen LogP contribution is -2.45. The number of nitrogens with one attached hydrogen (secondary N) is 1. The molecule has 2 atom stereocenters. The molecule has 2 aromatic rings. The summed E-state index contributed by atoms with van der Waals surface area (Å²) in [6.07, 6.45) is 1.52. The first-order chi connectivity index (χ1) is 16.5. The van der Waals surface area contributed by atoms with Gasteiger partial charge in [0.1, 0.15) is 5.60 Å². The van der Waals surface area contributed by atoms with Crippen LogP contribution in [0.1, 0.15) is 64.5 Å². The minimum atomic E-state index is -0.630. The van der Waals surface area contributed by atoms with Crippen LogP contribution in [0.15, 0.2) is 36.4 Å². The molecule has 0 heterocycles. The molecule has 2 amide bonds. The van der Waals surface area contributed by atoms with Gasteiger partial charge in [-0.25, -0.2) is 4.79 Å². The highest BCUT2D eigenvalue weighted by atomic mass is 16.6. The van der Waals surface area contributed by atoms with Crippen LogP contribution in [0.25, 0.3) is 10.8 Å². The van der Waals surface area contributed by atoms with Gasteiger partial charge in [-0.1, -0.05) is 30.3 Å². The van der Waals surface area contributed by atoms with Crippen LogP contribution < -0.4 is 11.1 Å². The quantitative estimate of drug-likeness (QED) is 0.430. The molecule has 0 radical (unpaired) electrons. The monoisotopic (exact) mass is 486 g/mol. The molecule has 0 aliphatic heterocycles. The van der Waals surface area contributed by atoms with Crippen LogP contribution in [0.4, 0.5) is 4.79 Å². The number of carbonyl (C=O) groups excluding carboxylic acids is 3. The number of hydrogen-bond acceptors (Lipinski definition) is 6. The van der Waals surface area contributed by atoms with Crippen molar-refractivity contribution in [3.05, 3.63) is 47.5 Å². The van der Waals surface area contributed by atoms with E-state index in [9.17, 15) is 14.4 Å². The van der Waals surface area contributed by atoms with Gasteiger partial charge >= 0.3 is 12.1 Å². The Balaban J connectivity index is 1.99. The first kappa shape index (κ1) is 28.1. The molecule has 192 valence electrons. The Kier molecular flexibility index (Phi) is 10.5. The maximum Gasteiger partial charge on any atom is 0.407 e. The average molecular weight is 487 g/mol. The summed E-state index contributed by atoms with van der Waals surface area (Å²) in [6, 6.07) is 12.0. The first-order valence-corrected chi connectivity index (χ1v) is 11.9. The predicted octanol–water partition coefficient (Wildman–Crippen LogP) is 4.40. The molecule has 0 saturated heterocycles. The highest BCUT2D eigenvalue weighted by Crippen LogP contribution is 2.21. The molecule has 2 rings (SSSR count). The summed E-state index contributed by atoms with van der Waals surface area (Å²) in [4.78, 5) is 34.8. The molecule has 0 unspecified atom stereocenters. The van der Waals surface area contributed by atoms with E-state index >= 15 is 0 Å². The number of fused-ring (bicyclic) bond motifs is 1. The third-order valence-corrected chi connectivity index (χ3v) is 5.53. The Labute approximate surface area is 207 Å². The number of amides is 2. The van der Waals surface area contributed by atoms with Gasteiger partial charge in [-0.2, -0.15) is 0 Å². The Morgan fingerprint density at radius 2 is 1.63 bits per heavy atom. The number of rotatable bonds is 12. The van der Waals surface area contributed by atoms with E-state index in [1.54, 1.807) is 20.8 Å². The smallest absolute Gasteiger partial charge is 0.407 e. The SMILES string of the molecule is COC(=O)CCCc1ccc2cc(CO[C@H](C)[C@H](CCC(N)=O)NC(=O)OC(C)(C)C)ccc2c1. The average Bonchev–Trinajstić information content (AvgIpc) is 2.78. The lowest BCUT2D eigenvalue weighted by Gasteiger charge is -2.27. The van der Waals surface area contributed by atoms with Crippen LogP contribution in [0.3, 0.4) is 0 Å². The number of benzene rings is 2. The lowest BCUT2D eigenvalue weighted by atomic mass is 10.0. The molecule has 3 N–H and O–H groups in total. The van der Waals surface area contributed by atoms with Crippen molar-refractivity contribution < 1.29 is 28.6 Å². The highest BCUT2D eigenvalue weighted by Gasteiger charge is 2.24. The van der Waals surface area contributed by atoms with E-state index in [0.717, 1.165) is 29.2 Å². The molecule has 0 bridgehead atoms. The number of ether oxygens (including phenoxy) is 3. The summed E-state index contributed by atoms with van der Waals surface area (Å²) in [6.45, 7) is 7.56. The van der Waals surface area contributed by atoms with Gasteiger partial charge in [-0.3, -0.25) is 9.59 Å². The fraction of sp³-hybridized carbons (Fsp3) is 0.519. The third kappa shape index (κ3) is 10.3. The van der Waals surface area contributed by atoms with Crippen molar-refractivity contribution in [3.63, 3.8) is 0 Å². The van der Waals surface area contributed by atoms with Crippen molar-refractivity contribution >= 4 is 28.7 Å². The number of methoxy groups -OCH3 is 1. The molecule has 0 spiro atoms. The van der Waals surface area contributed by atoms with Crippen molar-refractivity contribution in [2.24, 2.45) is 5.73 Å². The number of aryl methyl sites for hydroxylation is 1. The standard InChI is InChI=1S/C27H38N2O6/c1-18(23(13-14-24(28)30)29-26(32)35-27(2,3)4)34-17-20-10-12-21-15-19(9-11-22(21)16-20)7-6-8-25(31)33-5/h9-12,15-16,18,23H,6-8,13-14,17H2,1-5H3,(H2,28,30)(H,29,32)/t18-,23+/m1/s1. The van der Waals surface area contributed by atoms with E-state index in [-0.39, 0.29) is 18.5 Å². The van der Waals surface area contributed by atoms with Gasteiger partial charge in [0.05, 0.1) is 25.9 Å². The van der Waals surface area contributed by atoms with E-state index in [1.165, 1.54) is 12.7 Å². The normalized spacial score (nSPS) is 13.2. The first-order valence-electron chi connectivity index (χ1n) is 11.9. The minimum Gasteiger partial charge on any atom is -0.469 e. The van der Waals surface area contributed by atoms with Gasteiger partial charge in [-0.05, 0) is 74.9 Å². The molecular weight excluding hydrogens is 448 g/mol. The Morgan fingerprint density at radius 3 is 2.23 bits per heavy atom. The van der Waals surface area contributed by atoms with Crippen LogP contribution in [-0.2, 0) is 36.8 Å². The molecule has 2 aromatic carbocycles. The summed E-state index contributed by atoms with van der Waals surface area (Å²) in [5.74, 6) is -0.629. The van der Waals surface area contributed by atoms with Crippen LogP contribution in [0.2, 0.25) is 0 Å². The molecular formula is C27H38N2O6. The number of hydrogen-bond donors (Lipinski definition) is 2. The summed E-state index contributed by atoms with van der Waals surface area (Å²) >= 11 is 0. The van der Waals surface area contributed by atoms with E-state index < -0.39 is 23.6 Å². The molecule has 0 aliphatic carbocycles. The van der Waals surface area contributed by atoms with Gasteiger partial charge in [0.15, 0.2) is 0 Å². The molecule has 8 nitrogen and oxygen atoms in total. The number of alkyl carbamates (subject to hydrolysis) is 1. The molecule has 0 aromatic heterocycles. The van der Waals surface area contributed by atoms with Crippen LogP contribution in [-0.4, -0.2) is 42.8 Å². The van der Waals surface area contributed by atoms with Gasteiger partial charge in [0, 0.05) is 12.8 Å². The van der Waals surface area contributed by atoms with E-state index in [4.69, 9.17) is 15.2 Å². The second-order valence-corrected chi connectivity index (χ2v) is 9.72. The van der Waals surface area contributed by atoms with Crippen molar-refractivity contribution in [2.75, 3.05) is 7.11 Å². The van der Waals surface area contributed by atoms with E-state index in [1.807, 2.05) is 19.1 Å². The van der Waals surface area contributed by atoms with E-state index in [0.29, 0.717) is 19.4 Å². The number of carbonyl (C=O) groups is 3. The lowest BCUT2D eigenvalue weighted by molar-refractivity contribution is -0.140. The third-order valence-electron chi connectivity index (χ3n) is 5.53. The minimum absolute atomic E-state index is 0.131. The van der Waals surface area contributed by atoms with Gasteiger partial charge in [-0.15, -0.1) is 0 Å². The molecule has 35 heavy (non-hydrogen) atoms. The zero-order chi connectivity index (χ0) is 26.0.